The first kappa shape index (κ1) is 19.1. The number of esters is 1. The topological polar surface area (TPSA) is 99.5 Å². The average molecular weight is 377 g/mol. The van der Waals surface area contributed by atoms with Gasteiger partial charge in [-0.25, -0.2) is 4.79 Å². The molecule has 0 spiro atoms. The zero-order valence-corrected chi connectivity index (χ0v) is 15.6. The Morgan fingerprint density at radius 1 is 1.21 bits per heavy atom. The predicted octanol–water partition coefficient (Wildman–Crippen LogP) is 2.38. The minimum atomic E-state index is -1.23. The zero-order chi connectivity index (χ0) is 20.3. The molecule has 1 atom stereocenters. The third-order valence-corrected chi connectivity index (χ3v) is 4.65. The van der Waals surface area contributed by atoms with Crippen molar-refractivity contribution in [1.29, 1.82) is 5.26 Å². The second kappa shape index (κ2) is 7.53. The van der Waals surface area contributed by atoms with E-state index < -0.39 is 30.0 Å². The summed E-state index contributed by atoms with van der Waals surface area (Å²) in [6.07, 6.45) is 0. The number of nitrogens with zero attached hydrogens (tertiary/aromatic N) is 2. The fraction of sp³-hybridized carbons (Fsp3) is 0.238. The number of ether oxygens (including phenoxy) is 1. The maximum atomic E-state index is 12.8. The number of hydrogen-bond acceptors (Lipinski definition) is 5. The van der Waals surface area contributed by atoms with Crippen LogP contribution < -0.4 is 5.32 Å². The van der Waals surface area contributed by atoms with Gasteiger partial charge < -0.3 is 10.1 Å². The highest BCUT2D eigenvalue weighted by molar-refractivity contribution is 6.08. The van der Waals surface area contributed by atoms with E-state index in [0.29, 0.717) is 16.7 Å². The number of imide groups is 1. The molecule has 1 saturated heterocycles. The Hall–Kier alpha value is -3.66. The van der Waals surface area contributed by atoms with Crippen LogP contribution in [-0.2, 0) is 26.5 Å². The fourth-order valence-corrected chi connectivity index (χ4v) is 2.99. The van der Waals surface area contributed by atoms with E-state index >= 15 is 0 Å². The Kier molecular flexibility index (Phi) is 5.14. The van der Waals surface area contributed by atoms with Gasteiger partial charge in [0.05, 0.1) is 11.6 Å². The molecule has 142 valence electrons. The van der Waals surface area contributed by atoms with Crippen molar-refractivity contribution < 1.29 is 19.1 Å². The number of hydrogen-bond donors (Lipinski definition) is 1. The van der Waals surface area contributed by atoms with E-state index in [-0.39, 0.29) is 6.61 Å². The lowest BCUT2D eigenvalue weighted by atomic mass is 9.91. The molecular weight excluding hydrogens is 358 g/mol. The van der Waals surface area contributed by atoms with E-state index in [1.165, 1.54) is 0 Å². The predicted molar refractivity (Wildman–Crippen MR) is 99.7 cm³/mol. The quantitative estimate of drug-likeness (QED) is 0.637. The standard InChI is InChI=1S/C21H19N3O4/c1-14-6-8-17(9-7-14)21(2)19(26)24(20(27)23-21)12-18(25)28-13-16-5-3-4-15(10-16)11-22/h3-10H,12-13H2,1-2H3,(H,23,27)/t21-/m0/s1. The van der Waals surface area contributed by atoms with E-state index in [1.54, 1.807) is 43.3 Å². The molecule has 3 rings (SSSR count). The van der Waals surface area contributed by atoms with Crippen molar-refractivity contribution in [2.75, 3.05) is 6.54 Å². The normalized spacial score (nSPS) is 18.5. The van der Waals surface area contributed by atoms with Crippen LogP contribution in [0, 0.1) is 18.3 Å². The number of carbonyl (C=O) groups excluding carboxylic acids is 3. The van der Waals surface area contributed by atoms with E-state index in [9.17, 15) is 14.4 Å². The van der Waals surface area contributed by atoms with Gasteiger partial charge >= 0.3 is 12.0 Å². The van der Waals surface area contributed by atoms with Crippen molar-refractivity contribution >= 4 is 17.9 Å². The summed E-state index contributed by atoms with van der Waals surface area (Å²) in [5.41, 5.74) is 1.54. The minimum Gasteiger partial charge on any atom is -0.459 e. The molecule has 0 saturated carbocycles. The van der Waals surface area contributed by atoms with E-state index in [0.717, 1.165) is 10.5 Å². The maximum absolute atomic E-state index is 12.8. The molecule has 0 radical (unpaired) electrons. The van der Waals surface area contributed by atoms with Gasteiger partial charge in [0.25, 0.3) is 5.91 Å². The van der Waals surface area contributed by atoms with Crippen LogP contribution in [0.3, 0.4) is 0 Å². The molecule has 28 heavy (non-hydrogen) atoms. The molecule has 1 aliphatic heterocycles. The molecular formula is C21H19N3O4. The van der Waals surface area contributed by atoms with E-state index in [4.69, 9.17) is 10.00 Å². The van der Waals surface area contributed by atoms with Crippen LogP contribution in [0.4, 0.5) is 4.79 Å². The van der Waals surface area contributed by atoms with Crippen LogP contribution in [0.1, 0.15) is 29.2 Å². The Morgan fingerprint density at radius 3 is 2.61 bits per heavy atom. The largest absolute Gasteiger partial charge is 0.459 e. The lowest BCUT2D eigenvalue weighted by Crippen LogP contribution is -2.41. The van der Waals surface area contributed by atoms with Crippen LogP contribution in [0.15, 0.2) is 48.5 Å². The molecule has 1 aliphatic rings. The third kappa shape index (κ3) is 3.71. The van der Waals surface area contributed by atoms with E-state index in [1.807, 2.05) is 25.1 Å². The first-order chi connectivity index (χ1) is 13.3. The summed E-state index contributed by atoms with van der Waals surface area (Å²) < 4.78 is 5.15. The van der Waals surface area contributed by atoms with Gasteiger partial charge in [0.2, 0.25) is 0 Å². The van der Waals surface area contributed by atoms with Crippen LogP contribution >= 0.6 is 0 Å². The minimum absolute atomic E-state index is 0.0484. The van der Waals surface area contributed by atoms with Gasteiger partial charge in [0, 0.05) is 0 Å². The van der Waals surface area contributed by atoms with Crippen molar-refractivity contribution in [3.63, 3.8) is 0 Å². The SMILES string of the molecule is Cc1ccc([C@]2(C)NC(=O)N(CC(=O)OCc3cccc(C#N)c3)C2=O)cc1. The highest BCUT2D eigenvalue weighted by atomic mass is 16.5. The van der Waals surface area contributed by atoms with Gasteiger partial charge in [-0.05, 0) is 37.1 Å². The number of aryl methyl sites for hydroxylation is 1. The van der Waals surface area contributed by atoms with Gasteiger partial charge in [-0.1, -0.05) is 42.0 Å². The third-order valence-electron chi connectivity index (χ3n) is 4.65. The number of nitriles is 1. The zero-order valence-electron chi connectivity index (χ0n) is 15.6. The van der Waals surface area contributed by atoms with Crippen molar-refractivity contribution in [3.8, 4) is 6.07 Å². The molecule has 1 fully saturated rings. The molecule has 1 heterocycles. The fourth-order valence-electron chi connectivity index (χ4n) is 2.99. The lowest BCUT2D eigenvalue weighted by molar-refractivity contribution is -0.148. The van der Waals surface area contributed by atoms with Gasteiger partial charge in [-0.15, -0.1) is 0 Å². The molecule has 3 amide bonds. The van der Waals surface area contributed by atoms with Crippen LogP contribution in [0.5, 0.6) is 0 Å². The molecule has 1 N–H and O–H groups in total. The summed E-state index contributed by atoms with van der Waals surface area (Å²) >= 11 is 0. The second-order valence-electron chi connectivity index (χ2n) is 6.79. The first-order valence-corrected chi connectivity index (χ1v) is 8.69. The number of carbonyl (C=O) groups is 3. The number of benzene rings is 2. The summed E-state index contributed by atoms with van der Waals surface area (Å²) in [6.45, 7) is 3.00. The number of rotatable bonds is 5. The number of urea groups is 1. The summed E-state index contributed by atoms with van der Waals surface area (Å²) in [4.78, 5) is 38.1. The van der Waals surface area contributed by atoms with Crippen molar-refractivity contribution in [2.45, 2.75) is 26.0 Å². The monoisotopic (exact) mass is 377 g/mol. The summed E-state index contributed by atoms with van der Waals surface area (Å²) in [6, 6.07) is 15.3. The van der Waals surface area contributed by atoms with Gasteiger partial charge in [0.1, 0.15) is 18.7 Å². The van der Waals surface area contributed by atoms with Crippen molar-refractivity contribution in [2.24, 2.45) is 0 Å². The van der Waals surface area contributed by atoms with Crippen molar-refractivity contribution in [1.82, 2.24) is 10.2 Å². The smallest absolute Gasteiger partial charge is 0.326 e. The van der Waals surface area contributed by atoms with Crippen LogP contribution in [0.25, 0.3) is 0 Å². The molecule has 7 nitrogen and oxygen atoms in total. The molecule has 0 aliphatic carbocycles. The first-order valence-electron chi connectivity index (χ1n) is 8.69. The van der Waals surface area contributed by atoms with Gasteiger partial charge in [0.15, 0.2) is 0 Å². The molecule has 0 bridgehead atoms. The molecule has 0 aromatic heterocycles. The second-order valence-corrected chi connectivity index (χ2v) is 6.79. The highest BCUT2D eigenvalue weighted by Crippen LogP contribution is 2.28. The van der Waals surface area contributed by atoms with Crippen molar-refractivity contribution in [3.05, 3.63) is 70.8 Å². The summed E-state index contributed by atoms with van der Waals surface area (Å²) in [5.74, 6) is -1.22. The molecule has 7 heteroatoms. The summed E-state index contributed by atoms with van der Waals surface area (Å²) in [5, 5.41) is 11.6. The Morgan fingerprint density at radius 2 is 1.93 bits per heavy atom. The molecule has 2 aromatic carbocycles. The van der Waals surface area contributed by atoms with Gasteiger partial charge in [-0.3, -0.25) is 14.5 Å². The summed E-state index contributed by atoms with van der Waals surface area (Å²) in [7, 11) is 0. The highest BCUT2D eigenvalue weighted by Gasteiger charge is 2.49. The Labute approximate surface area is 162 Å². The van der Waals surface area contributed by atoms with E-state index in [2.05, 4.69) is 5.32 Å². The lowest BCUT2D eigenvalue weighted by Gasteiger charge is -2.22. The maximum Gasteiger partial charge on any atom is 0.326 e. The Balaban J connectivity index is 1.66. The average Bonchev–Trinajstić information content (AvgIpc) is 2.91. The van der Waals surface area contributed by atoms with Crippen LogP contribution in [-0.4, -0.2) is 29.4 Å². The number of nitrogens with one attached hydrogen (secondary N) is 1. The Bertz CT molecular complexity index is 978. The number of amides is 3. The van der Waals surface area contributed by atoms with Gasteiger partial charge in [-0.2, -0.15) is 5.26 Å². The van der Waals surface area contributed by atoms with Crippen LogP contribution in [0.2, 0.25) is 0 Å². The molecule has 0 unspecified atom stereocenters. The molecule has 2 aromatic rings.